The number of aliphatic hydroxyl groups is 1. The maximum Gasteiger partial charge on any atom is 0.0939 e. The summed E-state index contributed by atoms with van der Waals surface area (Å²) in [6.07, 6.45) is 1.09. The SMILES string of the molecule is CCCNC(CO)CSc1cc(C)nn1C. The van der Waals surface area contributed by atoms with Gasteiger partial charge >= 0.3 is 0 Å². The highest BCUT2D eigenvalue weighted by atomic mass is 32.2. The molecule has 0 fully saturated rings. The molecule has 1 rings (SSSR count). The lowest BCUT2D eigenvalue weighted by molar-refractivity contribution is 0.254. The molecule has 0 amide bonds. The van der Waals surface area contributed by atoms with Gasteiger partial charge in [0.25, 0.3) is 0 Å². The van der Waals surface area contributed by atoms with Crippen molar-refractivity contribution in [3.63, 3.8) is 0 Å². The highest BCUT2D eigenvalue weighted by Gasteiger charge is 2.09. The van der Waals surface area contributed by atoms with Crippen molar-refractivity contribution in [2.24, 2.45) is 7.05 Å². The van der Waals surface area contributed by atoms with Gasteiger partial charge in [0.1, 0.15) is 0 Å². The number of aliphatic hydroxyl groups excluding tert-OH is 1. The minimum atomic E-state index is 0.167. The van der Waals surface area contributed by atoms with Gasteiger partial charge in [0.2, 0.25) is 0 Å². The van der Waals surface area contributed by atoms with Crippen LogP contribution in [0.2, 0.25) is 0 Å². The number of aromatic nitrogens is 2. The van der Waals surface area contributed by atoms with Crippen LogP contribution in [0.25, 0.3) is 0 Å². The molecule has 0 saturated carbocycles. The zero-order valence-electron chi connectivity index (χ0n) is 10.2. The van der Waals surface area contributed by atoms with E-state index < -0.39 is 0 Å². The van der Waals surface area contributed by atoms with Crippen LogP contribution >= 0.6 is 11.8 Å². The molecule has 0 aliphatic heterocycles. The summed E-state index contributed by atoms with van der Waals surface area (Å²) in [5.41, 5.74) is 1.03. The predicted molar refractivity (Wildman–Crippen MR) is 67.8 cm³/mol. The maximum absolute atomic E-state index is 9.21. The van der Waals surface area contributed by atoms with Crippen LogP contribution in [-0.4, -0.2) is 39.8 Å². The van der Waals surface area contributed by atoms with Crippen LogP contribution in [-0.2, 0) is 7.05 Å². The molecule has 0 aliphatic carbocycles. The van der Waals surface area contributed by atoms with Gasteiger partial charge in [-0.05, 0) is 26.0 Å². The Kier molecular flexibility index (Phi) is 5.87. The van der Waals surface area contributed by atoms with Crippen LogP contribution in [0.3, 0.4) is 0 Å². The molecule has 1 aromatic rings. The standard InChI is InChI=1S/C11H21N3OS/c1-4-5-12-10(7-15)8-16-11-6-9(2)13-14(11)3/h6,10,12,15H,4-5,7-8H2,1-3H3. The second-order valence-electron chi connectivity index (χ2n) is 3.89. The minimum absolute atomic E-state index is 0.167. The highest BCUT2D eigenvalue weighted by molar-refractivity contribution is 7.99. The summed E-state index contributed by atoms with van der Waals surface area (Å²) in [7, 11) is 1.95. The number of nitrogens with zero attached hydrogens (tertiary/aromatic N) is 2. The Morgan fingerprint density at radius 1 is 1.62 bits per heavy atom. The van der Waals surface area contributed by atoms with Crippen molar-refractivity contribution in [3.05, 3.63) is 11.8 Å². The zero-order chi connectivity index (χ0) is 12.0. The van der Waals surface area contributed by atoms with Crippen molar-refractivity contribution in [1.82, 2.24) is 15.1 Å². The molecule has 1 heterocycles. The van der Waals surface area contributed by atoms with Gasteiger partial charge in [-0.15, -0.1) is 11.8 Å². The molecular weight excluding hydrogens is 222 g/mol. The summed E-state index contributed by atoms with van der Waals surface area (Å²) < 4.78 is 1.88. The van der Waals surface area contributed by atoms with Crippen LogP contribution in [0.5, 0.6) is 0 Å². The van der Waals surface area contributed by atoms with Crippen molar-refractivity contribution >= 4 is 11.8 Å². The average molecular weight is 243 g/mol. The topological polar surface area (TPSA) is 50.1 Å². The number of thioether (sulfide) groups is 1. The lowest BCUT2D eigenvalue weighted by Crippen LogP contribution is -2.35. The molecule has 0 bridgehead atoms. The molecule has 1 aromatic heterocycles. The third kappa shape index (κ3) is 4.15. The Labute approximate surface area is 101 Å². The first-order chi connectivity index (χ1) is 7.67. The normalized spacial score (nSPS) is 13.0. The van der Waals surface area contributed by atoms with E-state index in [1.807, 2.05) is 18.7 Å². The Balaban J connectivity index is 2.39. The zero-order valence-corrected chi connectivity index (χ0v) is 11.0. The second kappa shape index (κ2) is 6.93. The Bertz CT molecular complexity index is 314. The summed E-state index contributed by atoms with van der Waals surface area (Å²) in [6, 6.07) is 2.24. The molecule has 16 heavy (non-hydrogen) atoms. The quantitative estimate of drug-likeness (QED) is 0.706. The molecular formula is C11H21N3OS. The molecule has 0 saturated heterocycles. The molecule has 1 atom stereocenters. The first-order valence-corrected chi connectivity index (χ1v) is 6.63. The van der Waals surface area contributed by atoms with Crippen LogP contribution < -0.4 is 5.32 Å². The fourth-order valence-corrected chi connectivity index (χ4v) is 2.51. The fraction of sp³-hybridized carbons (Fsp3) is 0.727. The molecule has 5 heteroatoms. The molecule has 0 aliphatic rings. The Morgan fingerprint density at radius 3 is 2.88 bits per heavy atom. The predicted octanol–water partition coefficient (Wildman–Crippen LogP) is 1.18. The third-order valence-corrected chi connectivity index (χ3v) is 3.54. The first kappa shape index (κ1) is 13.5. The van der Waals surface area contributed by atoms with Gasteiger partial charge in [-0.3, -0.25) is 4.68 Å². The van der Waals surface area contributed by atoms with E-state index in [0.29, 0.717) is 0 Å². The van der Waals surface area contributed by atoms with Gasteiger partial charge in [-0.25, -0.2) is 0 Å². The monoisotopic (exact) mass is 243 g/mol. The van der Waals surface area contributed by atoms with Gasteiger partial charge in [-0.1, -0.05) is 6.92 Å². The van der Waals surface area contributed by atoms with Crippen LogP contribution in [0.1, 0.15) is 19.0 Å². The van der Waals surface area contributed by atoms with E-state index in [-0.39, 0.29) is 12.6 Å². The van der Waals surface area contributed by atoms with E-state index in [1.54, 1.807) is 11.8 Å². The third-order valence-electron chi connectivity index (χ3n) is 2.29. The van der Waals surface area contributed by atoms with Crippen molar-refractivity contribution in [3.8, 4) is 0 Å². The van der Waals surface area contributed by atoms with Crippen molar-refractivity contribution < 1.29 is 5.11 Å². The van der Waals surface area contributed by atoms with E-state index in [1.165, 1.54) is 0 Å². The average Bonchev–Trinajstić information content (AvgIpc) is 2.58. The van der Waals surface area contributed by atoms with Crippen molar-refractivity contribution in [2.75, 3.05) is 18.9 Å². The summed E-state index contributed by atoms with van der Waals surface area (Å²) in [6.45, 7) is 5.25. The van der Waals surface area contributed by atoms with Gasteiger partial charge in [0.05, 0.1) is 17.3 Å². The highest BCUT2D eigenvalue weighted by Crippen LogP contribution is 2.18. The molecule has 92 valence electrons. The van der Waals surface area contributed by atoms with Crippen LogP contribution in [0.4, 0.5) is 0 Å². The summed E-state index contributed by atoms with van der Waals surface area (Å²) in [5, 5.41) is 18.0. The lowest BCUT2D eigenvalue weighted by atomic mass is 10.3. The molecule has 4 nitrogen and oxygen atoms in total. The summed E-state index contributed by atoms with van der Waals surface area (Å²) in [4.78, 5) is 0. The summed E-state index contributed by atoms with van der Waals surface area (Å²) >= 11 is 1.73. The minimum Gasteiger partial charge on any atom is -0.395 e. The molecule has 1 unspecified atom stereocenters. The molecule has 0 spiro atoms. The number of rotatable bonds is 7. The van der Waals surface area contributed by atoms with Gasteiger partial charge in [-0.2, -0.15) is 5.10 Å². The number of aryl methyl sites for hydroxylation is 2. The van der Waals surface area contributed by atoms with E-state index in [4.69, 9.17) is 0 Å². The Morgan fingerprint density at radius 2 is 2.38 bits per heavy atom. The maximum atomic E-state index is 9.21. The van der Waals surface area contributed by atoms with E-state index in [0.717, 1.165) is 29.4 Å². The molecule has 2 N–H and O–H groups in total. The van der Waals surface area contributed by atoms with E-state index in [2.05, 4.69) is 23.4 Å². The van der Waals surface area contributed by atoms with Crippen molar-refractivity contribution in [2.45, 2.75) is 31.3 Å². The number of hydrogen-bond acceptors (Lipinski definition) is 4. The number of hydrogen-bond donors (Lipinski definition) is 2. The molecule has 0 radical (unpaired) electrons. The van der Waals surface area contributed by atoms with Crippen LogP contribution in [0.15, 0.2) is 11.1 Å². The largest absolute Gasteiger partial charge is 0.395 e. The van der Waals surface area contributed by atoms with Gasteiger partial charge < -0.3 is 10.4 Å². The molecule has 0 aromatic carbocycles. The fourth-order valence-electron chi connectivity index (χ4n) is 1.43. The van der Waals surface area contributed by atoms with Crippen molar-refractivity contribution in [1.29, 1.82) is 0 Å². The van der Waals surface area contributed by atoms with Gasteiger partial charge in [0.15, 0.2) is 0 Å². The second-order valence-corrected chi connectivity index (χ2v) is 4.93. The lowest BCUT2D eigenvalue weighted by Gasteiger charge is -2.14. The van der Waals surface area contributed by atoms with E-state index >= 15 is 0 Å². The Hall–Kier alpha value is -0.520. The van der Waals surface area contributed by atoms with E-state index in [9.17, 15) is 5.11 Å². The first-order valence-electron chi connectivity index (χ1n) is 5.65. The summed E-state index contributed by atoms with van der Waals surface area (Å²) in [5.74, 6) is 0.871. The van der Waals surface area contributed by atoms with Gasteiger partial charge in [0, 0.05) is 18.8 Å². The number of nitrogens with one attached hydrogen (secondary N) is 1. The smallest absolute Gasteiger partial charge is 0.0939 e. The van der Waals surface area contributed by atoms with Crippen LogP contribution in [0, 0.1) is 6.92 Å².